The molecule has 1 N–H and O–H groups in total. The maximum atomic E-state index is 13.0. The zero-order valence-electron chi connectivity index (χ0n) is 20.3. The molecule has 5 rings (SSSR count). The molecule has 35 heavy (non-hydrogen) atoms. The van der Waals surface area contributed by atoms with Crippen molar-refractivity contribution in [2.45, 2.75) is 40.2 Å². The topological polar surface area (TPSA) is 75.9 Å². The Labute approximate surface area is 210 Å². The number of halogens is 1. The molecule has 1 amide bonds. The molecule has 0 spiro atoms. The van der Waals surface area contributed by atoms with Gasteiger partial charge in [0.05, 0.1) is 28.4 Å². The molecule has 0 bridgehead atoms. The predicted molar refractivity (Wildman–Crippen MR) is 139 cm³/mol. The minimum absolute atomic E-state index is 0.0485. The van der Waals surface area contributed by atoms with Crippen LogP contribution >= 0.6 is 11.6 Å². The van der Waals surface area contributed by atoms with Gasteiger partial charge in [0.1, 0.15) is 5.52 Å². The van der Waals surface area contributed by atoms with E-state index >= 15 is 0 Å². The molecule has 0 aliphatic carbocycles. The Morgan fingerprint density at radius 2 is 1.91 bits per heavy atom. The Morgan fingerprint density at radius 3 is 2.69 bits per heavy atom. The van der Waals surface area contributed by atoms with Gasteiger partial charge in [-0.3, -0.25) is 4.79 Å². The number of nitrogens with one attached hydrogen (secondary N) is 1. The van der Waals surface area contributed by atoms with E-state index in [0.29, 0.717) is 18.1 Å². The summed E-state index contributed by atoms with van der Waals surface area (Å²) in [6, 6.07) is 15.9. The van der Waals surface area contributed by atoms with Crippen LogP contribution in [0.1, 0.15) is 35.4 Å². The number of fused-ring (bicyclic) bond motifs is 1. The summed E-state index contributed by atoms with van der Waals surface area (Å²) in [5.74, 6) is 0.667. The van der Waals surface area contributed by atoms with E-state index < -0.39 is 0 Å². The van der Waals surface area contributed by atoms with Crippen molar-refractivity contribution in [1.29, 1.82) is 0 Å². The molecule has 1 unspecified atom stereocenters. The molecule has 180 valence electrons. The second kappa shape index (κ2) is 9.66. The monoisotopic (exact) mass is 488 g/mol. The molecule has 1 saturated heterocycles. The Bertz CT molecular complexity index is 1380. The first-order chi connectivity index (χ1) is 16.9. The summed E-state index contributed by atoms with van der Waals surface area (Å²) in [6.45, 7) is 7.98. The van der Waals surface area contributed by atoms with E-state index in [1.165, 1.54) is 5.56 Å². The zero-order valence-corrected chi connectivity index (χ0v) is 21.0. The Hall–Kier alpha value is -3.45. The molecule has 1 atom stereocenters. The van der Waals surface area contributed by atoms with E-state index in [-0.39, 0.29) is 11.8 Å². The van der Waals surface area contributed by atoms with Crippen LogP contribution < -0.4 is 10.2 Å². The minimum Gasteiger partial charge on any atom is -0.352 e. The number of amides is 1. The van der Waals surface area contributed by atoms with Gasteiger partial charge in [0, 0.05) is 24.7 Å². The number of aryl methyl sites for hydroxylation is 3. The van der Waals surface area contributed by atoms with Crippen molar-refractivity contribution in [2.24, 2.45) is 5.92 Å². The highest BCUT2D eigenvalue weighted by atomic mass is 35.5. The normalized spacial score (nSPS) is 16.0. The summed E-state index contributed by atoms with van der Waals surface area (Å²) < 4.78 is 1.96. The van der Waals surface area contributed by atoms with E-state index in [2.05, 4.69) is 58.5 Å². The van der Waals surface area contributed by atoms with Gasteiger partial charge >= 0.3 is 0 Å². The number of carbonyl (C=O) groups is 1. The van der Waals surface area contributed by atoms with Crippen LogP contribution in [-0.2, 0) is 11.3 Å². The third-order valence-electron chi connectivity index (χ3n) is 6.71. The Kier molecular flexibility index (Phi) is 6.43. The van der Waals surface area contributed by atoms with Crippen LogP contribution in [-0.4, -0.2) is 39.0 Å². The van der Waals surface area contributed by atoms with E-state index in [0.717, 1.165) is 58.7 Å². The van der Waals surface area contributed by atoms with Crippen LogP contribution in [0.3, 0.4) is 0 Å². The molecular weight excluding hydrogens is 460 g/mol. The lowest BCUT2D eigenvalue weighted by molar-refractivity contribution is -0.125. The summed E-state index contributed by atoms with van der Waals surface area (Å²) in [7, 11) is 0. The van der Waals surface area contributed by atoms with E-state index in [1.807, 2.05) is 35.9 Å². The second-order valence-electron chi connectivity index (χ2n) is 9.30. The number of hydrogen-bond donors (Lipinski definition) is 1. The summed E-state index contributed by atoms with van der Waals surface area (Å²) in [5, 5.41) is 18.7. The Balaban J connectivity index is 1.39. The number of aromatic nitrogens is 4. The average Bonchev–Trinajstić information content (AvgIpc) is 3.21. The van der Waals surface area contributed by atoms with Crippen molar-refractivity contribution in [3.63, 3.8) is 0 Å². The van der Waals surface area contributed by atoms with Crippen molar-refractivity contribution in [3.05, 3.63) is 76.1 Å². The molecule has 2 aromatic carbocycles. The number of benzene rings is 2. The van der Waals surface area contributed by atoms with E-state index in [1.54, 1.807) is 0 Å². The molecule has 4 aromatic rings. The number of anilines is 1. The average molecular weight is 489 g/mol. The van der Waals surface area contributed by atoms with Crippen molar-refractivity contribution < 1.29 is 4.79 Å². The summed E-state index contributed by atoms with van der Waals surface area (Å²) >= 11 is 6.07. The lowest BCUT2D eigenvalue weighted by Crippen LogP contribution is -2.43. The molecule has 8 heteroatoms. The second-order valence-corrected chi connectivity index (χ2v) is 9.73. The van der Waals surface area contributed by atoms with Gasteiger partial charge in [0.25, 0.3) is 0 Å². The van der Waals surface area contributed by atoms with Gasteiger partial charge in [0.2, 0.25) is 5.91 Å². The van der Waals surface area contributed by atoms with Gasteiger partial charge < -0.3 is 10.2 Å². The predicted octanol–water partition coefficient (Wildman–Crippen LogP) is 4.93. The fourth-order valence-corrected chi connectivity index (χ4v) is 5.04. The smallest absolute Gasteiger partial charge is 0.225 e. The van der Waals surface area contributed by atoms with E-state index in [9.17, 15) is 4.79 Å². The van der Waals surface area contributed by atoms with E-state index in [4.69, 9.17) is 16.7 Å². The number of piperidine rings is 1. The molecule has 2 aromatic heterocycles. The molecule has 7 nitrogen and oxygen atoms in total. The third kappa shape index (κ3) is 4.73. The SMILES string of the molecule is Cc1ccc(-n2nc3c(N4CCCC(C(=O)NCc5cccc(Cl)c5)C4)nnc(C)c3c2C)cc1. The van der Waals surface area contributed by atoms with Crippen LogP contribution in [0, 0.1) is 26.7 Å². The highest BCUT2D eigenvalue weighted by Gasteiger charge is 2.29. The van der Waals surface area contributed by atoms with Crippen molar-refractivity contribution in [2.75, 3.05) is 18.0 Å². The molecular formula is C27H29ClN6O. The summed E-state index contributed by atoms with van der Waals surface area (Å²) in [5.41, 5.74) is 5.91. The number of carbonyl (C=O) groups excluding carboxylic acids is 1. The van der Waals surface area contributed by atoms with Gasteiger partial charge in [0.15, 0.2) is 5.82 Å². The van der Waals surface area contributed by atoms with Crippen LogP contribution in [0.15, 0.2) is 48.5 Å². The Morgan fingerprint density at radius 1 is 1.11 bits per heavy atom. The highest BCUT2D eigenvalue weighted by Crippen LogP contribution is 2.31. The van der Waals surface area contributed by atoms with Crippen LogP contribution in [0.5, 0.6) is 0 Å². The van der Waals surface area contributed by atoms with Gasteiger partial charge in [-0.15, -0.1) is 5.10 Å². The molecule has 0 saturated carbocycles. The highest BCUT2D eigenvalue weighted by molar-refractivity contribution is 6.30. The molecule has 1 aliphatic rings. The quantitative estimate of drug-likeness (QED) is 0.431. The largest absolute Gasteiger partial charge is 0.352 e. The molecule has 3 heterocycles. The molecule has 1 fully saturated rings. The van der Waals surface area contributed by atoms with Gasteiger partial charge in [-0.05, 0) is 63.4 Å². The van der Waals surface area contributed by atoms with Gasteiger partial charge in [-0.2, -0.15) is 10.2 Å². The number of hydrogen-bond acceptors (Lipinski definition) is 5. The van der Waals surface area contributed by atoms with Gasteiger partial charge in [-0.25, -0.2) is 4.68 Å². The number of rotatable bonds is 5. The fraction of sp³-hybridized carbons (Fsp3) is 0.333. The molecule has 0 radical (unpaired) electrons. The third-order valence-corrected chi connectivity index (χ3v) is 6.95. The van der Waals surface area contributed by atoms with Crippen molar-refractivity contribution in [3.8, 4) is 5.69 Å². The maximum absolute atomic E-state index is 13.0. The first-order valence-electron chi connectivity index (χ1n) is 12.0. The lowest BCUT2D eigenvalue weighted by atomic mass is 9.97. The first-order valence-corrected chi connectivity index (χ1v) is 12.4. The van der Waals surface area contributed by atoms with Crippen molar-refractivity contribution in [1.82, 2.24) is 25.3 Å². The lowest BCUT2D eigenvalue weighted by Gasteiger charge is -2.32. The standard InChI is InChI=1S/C27H29ClN6O/c1-17-9-11-23(12-10-17)34-19(3)24-18(2)30-31-26(25(24)32-34)33-13-5-7-21(16-33)27(35)29-15-20-6-4-8-22(28)14-20/h4,6,8-12,14,21H,5,7,13,15-16H2,1-3H3,(H,29,35). The molecule has 1 aliphatic heterocycles. The fourth-order valence-electron chi connectivity index (χ4n) is 4.83. The van der Waals surface area contributed by atoms with Crippen LogP contribution in [0.2, 0.25) is 5.02 Å². The van der Waals surface area contributed by atoms with Crippen LogP contribution in [0.25, 0.3) is 16.6 Å². The maximum Gasteiger partial charge on any atom is 0.225 e. The van der Waals surface area contributed by atoms with Crippen molar-refractivity contribution >= 4 is 34.2 Å². The zero-order chi connectivity index (χ0) is 24.5. The van der Waals surface area contributed by atoms with Crippen LogP contribution in [0.4, 0.5) is 5.82 Å². The van der Waals surface area contributed by atoms with Gasteiger partial charge in [-0.1, -0.05) is 41.4 Å². The minimum atomic E-state index is -0.124. The summed E-state index contributed by atoms with van der Waals surface area (Å²) in [4.78, 5) is 15.2. The first kappa shape index (κ1) is 23.3. The summed E-state index contributed by atoms with van der Waals surface area (Å²) in [6.07, 6.45) is 1.75. The number of nitrogens with zero attached hydrogens (tertiary/aromatic N) is 5.